The van der Waals surface area contributed by atoms with Gasteiger partial charge in [0.05, 0.1) is 6.04 Å². The molecule has 2 nitrogen and oxygen atoms in total. The van der Waals surface area contributed by atoms with Gasteiger partial charge in [-0.25, -0.2) is 0 Å². The minimum atomic E-state index is -0.215. The number of benzene rings is 1. The number of hydrogen-bond acceptors (Lipinski definition) is 3. The van der Waals surface area contributed by atoms with Gasteiger partial charge in [-0.1, -0.05) is 11.6 Å². The number of fused-ring (bicyclic) bond motifs is 1. The van der Waals surface area contributed by atoms with Crippen molar-refractivity contribution in [2.45, 2.75) is 6.04 Å². The molecule has 2 aromatic heterocycles. The molecule has 2 heterocycles. The highest BCUT2D eigenvalue weighted by molar-refractivity contribution is 7.08. The fraction of sp³-hybridized carbons (Fsp3) is 0.0769. The zero-order valence-electron chi connectivity index (χ0n) is 8.89. The quantitative estimate of drug-likeness (QED) is 0.753. The molecule has 0 saturated carbocycles. The standard InChI is InChI=1S/C13H10ClNOS/c14-10-1-2-11-9(5-10)6-12(16-11)13(15)8-3-4-17-7-8/h1-7,13H,15H2. The van der Waals surface area contributed by atoms with Crippen molar-refractivity contribution >= 4 is 33.9 Å². The van der Waals surface area contributed by atoms with Crippen LogP contribution in [0.25, 0.3) is 11.0 Å². The van der Waals surface area contributed by atoms with Gasteiger partial charge in [-0.05, 0) is 46.7 Å². The minimum absolute atomic E-state index is 0.215. The van der Waals surface area contributed by atoms with Gasteiger partial charge in [0.1, 0.15) is 11.3 Å². The predicted molar refractivity (Wildman–Crippen MR) is 71.6 cm³/mol. The normalized spacial score (nSPS) is 13.1. The number of hydrogen-bond donors (Lipinski definition) is 1. The van der Waals surface area contributed by atoms with Gasteiger partial charge in [0.2, 0.25) is 0 Å². The van der Waals surface area contributed by atoms with Gasteiger partial charge in [-0.2, -0.15) is 11.3 Å². The molecule has 86 valence electrons. The van der Waals surface area contributed by atoms with Crippen molar-refractivity contribution in [3.63, 3.8) is 0 Å². The number of thiophene rings is 1. The summed E-state index contributed by atoms with van der Waals surface area (Å²) in [5.41, 5.74) is 8.03. The van der Waals surface area contributed by atoms with Crippen molar-refractivity contribution < 1.29 is 4.42 Å². The molecule has 4 heteroatoms. The lowest BCUT2D eigenvalue weighted by molar-refractivity contribution is 0.525. The first-order chi connectivity index (χ1) is 8.24. The lowest BCUT2D eigenvalue weighted by atomic mass is 10.1. The molecular weight excluding hydrogens is 254 g/mol. The van der Waals surface area contributed by atoms with Crippen LogP contribution in [0.2, 0.25) is 5.02 Å². The van der Waals surface area contributed by atoms with Crippen molar-refractivity contribution in [1.82, 2.24) is 0 Å². The Balaban J connectivity index is 2.06. The second kappa shape index (κ2) is 4.18. The van der Waals surface area contributed by atoms with Gasteiger partial charge in [0, 0.05) is 10.4 Å². The van der Waals surface area contributed by atoms with Gasteiger partial charge in [-0.3, -0.25) is 0 Å². The topological polar surface area (TPSA) is 39.2 Å². The molecule has 0 radical (unpaired) electrons. The molecule has 2 N–H and O–H groups in total. The zero-order valence-corrected chi connectivity index (χ0v) is 10.5. The Bertz CT molecular complexity index is 645. The molecule has 3 rings (SSSR count). The SMILES string of the molecule is NC(c1ccsc1)c1cc2cc(Cl)ccc2o1. The summed E-state index contributed by atoms with van der Waals surface area (Å²) in [6.45, 7) is 0. The van der Waals surface area contributed by atoms with E-state index in [-0.39, 0.29) is 6.04 Å². The molecule has 1 unspecified atom stereocenters. The number of nitrogens with two attached hydrogens (primary N) is 1. The molecule has 0 spiro atoms. The Labute approximate surface area is 108 Å². The van der Waals surface area contributed by atoms with Gasteiger partial charge in [0.15, 0.2) is 0 Å². The van der Waals surface area contributed by atoms with Crippen LogP contribution in [0.5, 0.6) is 0 Å². The number of halogens is 1. The van der Waals surface area contributed by atoms with Crippen LogP contribution in [0.1, 0.15) is 17.4 Å². The molecular formula is C13H10ClNOS. The second-order valence-corrected chi connectivity index (χ2v) is 5.08. The third kappa shape index (κ3) is 1.97. The van der Waals surface area contributed by atoms with E-state index in [0.29, 0.717) is 5.02 Å². The maximum absolute atomic E-state index is 6.14. The highest BCUT2D eigenvalue weighted by atomic mass is 35.5. The van der Waals surface area contributed by atoms with Crippen LogP contribution in [-0.2, 0) is 0 Å². The van der Waals surface area contributed by atoms with Crippen molar-refractivity contribution in [3.8, 4) is 0 Å². The first-order valence-electron chi connectivity index (χ1n) is 5.21. The lowest BCUT2D eigenvalue weighted by Gasteiger charge is -2.04. The molecule has 0 aliphatic heterocycles. The Morgan fingerprint density at radius 1 is 1.24 bits per heavy atom. The monoisotopic (exact) mass is 263 g/mol. The Hall–Kier alpha value is -1.29. The van der Waals surface area contributed by atoms with E-state index < -0.39 is 0 Å². The highest BCUT2D eigenvalue weighted by Crippen LogP contribution is 2.29. The summed E-state index contributed by atoms with van der Waals surface area (Å²) in [5.74, 6) is 0.765. The van der Waals surface area contributed by atoms with Crippen LogP contribution in [0.15, 0.2) is 45.5 Å². The smallest absolute Gasteiger partial charge is 0.134 e. The van der Waals surface area contributed by atoms with Crippen LogP contribution < -0.4 is 5.73 Å². The largest absolute Gasteiger partial charge is 0.459 e. The summed E-state index contributed by atoms with van der Waals surface area (Å²) in [6.07, 6.45) is 0. The summed E-state index contributed by atoms with van der Waals surface area (Å²) >= 11 is 7.56. The summed E-state index contributed by atoms with van der Waals surface area (Å²) in [4.78, 5) is 0. The van der Waals surface area contributed by atoms with Crippen molar-refractivity contribution in [3.05, 3.63) is 57.4 Å². The van der Waals surface area contributed by atoms with E-state index in [0.717, 1.165) is 22.3 Å². The Morgan fingerprint density at radius 3 is 2.88 bits per heavy atom. The summed E-state index contributed by atoms with van der Waals surface area (Å²) in [7, 11) is 0. The first-order valence-corrected chi connectivity index (χ1v) is 6.53. The molecule has 1 atom stereocenters. The lowest BCUT2D eigenvalue weighted by Crippen LogP contribution is -2.09. The Kier molecular flexibility index (Phi) is 2.67. The van der Waals surface area contributed by atoms with Crippen molar-refractivity contribution in [1.29, 1.82) is 0 Å². The molecule has 0 aliphatic carbocycles. The third-order valence-electron chi connectivity index (χ3n) is 2.71. The van der Waals surface area contributed by atoms with Crippen LogP contribution in [0.3, 0.4) is 0 Å². The molecule has 0 aliphatic rings. The van der Waals surface area contributed by atoms with Gasteiger partial charge < -0.3 is 10.2 Å². The van der Waals surface area contributed by atoms with E-state index in [1.165, 1.54) is 0 Å². The second-order valence-electron chi connectivity index (χ2n) is 3.87. The minimum Gasteiger partial charge on any atom is -0.459 e. The molecule has 0 fully saturated rings. The van der Waals surface area contributed by atoms with Crippen LogP contribution >= 0.6 is 22.9 Å². The molecule has 0 amide bonds. The highest BCUT2D eigenvalue weighted by Gasteiger charge is 2.14. The van der Waals surface area contributed by atoms with E-state index in [2.05, 4.69) is 0 Å². The summed E-state index contributed by atoms with van der Waals surface area (Å²) in [6, 6.07) is 9.30. The predicted octanol–water partition coefficient (Wildman–Crippen LogP) is 4.20. The van der Waals surface area contributed by atoms with E-state index in [4.69, 9.17) is 21.8 Å². The van der Waals surface area contributed by atoms with Crippen LogP contribution in [-0.4, -0.2) is 0 Å². The number of rotatable bonds is 2. The van der Waals surface area contributed by atoms with E-state index in [9.17, 15) is 0 Å². The fourth-order valence-electron chi connectivity index (χ4n) is 1.80. The maximum atomic E-state index is 6.14. The van der Waals surface area contributed by atoms with Gasteiger partial charge in [-0.15, -0.1) is 0 Å². The van der Waals surface area contributed by atoms with E-state index in [1.54, 1.807) is 11.3 Å². The average Bonchev–Trinajstić information content (AvgIpc) is 2.96. The van der Waals surface area contributed by atoms with Crippen LogP contribution in [0.4, 0.5) is 0 Å². The molecule has 3 aromatic rings. The zero-order chi connectivity index (χ0) is 11.8. The van der Waals surface area contributed by atoms with E-state index in [1.807, 2.05) is 41.1 Å². The molecule has 1 aromatic carbocycles. The fourth-order valence-corrected chi connectivity index (χ4v) is 2.68. The molecule has 0 saturated heterocycles. The van der Waals surface area contributed by atoms with Gasteiger partial charge in [0.25, 0.3) is 0 Å². The summed E-state index contributed by atoms with van der Waals surface area (Å²) in [5, 5.41) is 5.73. The van der Waals surface area contributed by atoms with E-state index >= 15 is 0 Å². The number of furan rings is 1. The van der Waals surface area contributed by atoms with Crippen molar-refractivity contribution in [2.75, 3.05) is 0 Å². The molecule has 17 heavy (non-hydrogen) atoms. The van der Waals surface area contributed by atoms with Crippen molar-refractivity contribution in [2.24, 2.45) is 5.73 Å². The first kappa shape index (κ1) is 10.8. The van der Waals surface area contributed by atoms with Crippen LogP contribution in [0, 0.1) is 0 Å². The van der Waals surface area contributed by atoms with Gasteiger partial charge >= 0.3 is 0 Å². The summed E-state index contributed by atoms with van der Waals surface area (Å²) < 4.78 is 5.73. The molecule has 0 bridgehead atoms. The average molecular weight is 264 g/mol. The third-order valence-corrected chi connectivity index (χ3v) is 3.64. The Morgan fingerprint density at radius 2 is 2.12 bits per heavy atom. The maximum Gasteiger partial charge on any atom is 0.134 e.